The molecule has 0 unspecified atom stereocenters. The first-order valence-corrected chi connectivity index (χ1v) is 8.50. The van der Waals surface area contributed by atoms with E-state index < -0.39 is 0 Å². The average Bonchev–Trinajstić information content (AvgIpc) is 2.55. The minimum absolute atomic E-state index is 0.0511. The van der Waals surface area contributed by atoms with Crippen molar-refractivity contribution < 1.29 is 9.59 Å². The monoisotopic (exact) mass is 344 g/mol. The molecule has 0 spiro atoms. The number of nitrogens with zero attached hydrogens (tertiary/aromatic N) is 2. The number of aromatic amines is 1. The number of hydrogen-bond acceptors (Lipinski definition) is 4. The molecular weight excluding hydrogens is 320 g/mol. The number of aryl methyl sites for hydroxylation is 1. The maximum absolute atomic E-state index is 12.2. The molecule has 0 aromatic carbocycles. The van der Waals surface area contributed by atoms with Crippen molar-refractivity contribution in [1.82, 2.24) is 15.2 Å². The minimum Gasteiger partial charge on any atom is -0.353 e. The molecule has 0 saturated carbocycles. The van der Waals surface area contributed by atoms with Crippen molar-refractivity contribution >= 4 is 11.8 Å². The summed E-state index contributed by atoms with van der Waals surface area (Å²) in [6.07, 6.45) is 2.30. The quantitative estimate of drug-likeness (QED) is 0.847. The molecule has 1 aromatic rings. The van der Waals surface area contributed by atoms with Crippen LogP contribution in [0.1, 0.15) is 48.6 Å². The van der Waals surface area contributed by atoms with Gasteiger partial charge in [-0.25, -0.2) is 0 Å². The molecule has 2 heterocycles. The Bertz CT molecular complexity index is 768. The molecule has 1 aliphatic heterocycles. The van der Waals surface area contributed by atoms with Gasteiger partial charge in [-0.3, -0.25) is 14.4 Å². The van der Waals surface area contributed by atoms with Crippen molar-refractivity contribution in [2.75, 3.05) is 13.1 Å². The Balaban J connectivity index is 1.92. The summed E-state index contributed by atoms with van der Waals surface area (Å²) in [6.45, 7) is 6.42. The summed E-state index contributed by atoms with van der Waals surface area (Å²) in [4.78, 5) is 39.7. The third-order valence-electron chi connectivity index (χ3n) is 4.83. The lowest BCUT2D eigenvalue weighted by Gasteiger charge is -2.31. The van der Waals surface area contributed by atoms with Crippen LogP contribution < -0.4 is 10.9 Å². The van der Waals surface area contributed by atoms with E-state index in [0.29, 0.717) is 37.2 Å². The molecule has 2 rings (SSSR count). The van der Waals surface area contributed by atoms with E-state index in [9.17, 15) is 14.4 Å². The number of amides is 2. The van der Waals surface area contributed by atoms with Crippen LogP contribution in [0.4, 0.5) is 0 Å². The van der Waals surface area contributed by atoms with Crippen LogP contribution >= 0.6 is 0 Å². The van der Waals surface area contributed by atoms with Gasteiger partial charge in [0.05, 0.1) is 0 Å². The predicted molar refractivity (Wildman–Crippen MR) is 93.0 cm³/mol. The van der Waals surface area contributed by atoms with Gasteiger partial charge in [0.1, 0.15) is 11.6 Å². The topological polar surface area (TPSA) is 106 Å². The Hall–Kier alpha value is -2.62. The minimum atomic E-state index is -0.386. The van der Waals surface area contributed by atoms with Crippen LogP contribution in [-0.4, -0.2) is 40.8 Å². The molecule has 134 valence electrons. The van der Waals surface area contributed by atoms with E-state index in [0.717, 1.165) is 18.4 Å². The van der Waals surface area contributed by atoms with E-state index in [1.165, 1.54) is 0 Å². The zero-order valence-electron chi connectivity index (χ0n) is 14.9. The summed E-state index contributed by atoms with van der Waals surface area (Å²) in [5, 5.41) is 12.1. The van der Waals surface area contributed by atoms with Gasteiger partial charge in [0.15, 0.2) is 0 Å². The van der Waals surface area contributed by atoms with Crippen LogP contribution in [-0.2, 0) is 16.0 Å². The van der Waals surface area contributed by atoms with Gasteiger partial charge >= 0.3 is 0 Å². The molecule has 0 bridgehead atoms. The molecule has 7 nitrogen and oxygen atoms in total. The van der Waals surface area contributed by atoms with Gasteiger partial charge in [-0.1, -0.05) is 0 Å². The Morgan fingerprint density at radius 1 is 1.32 bits per heavy atom. The highest BCUT2D eigenvalue weighted by Gasteiger charge is 2.22. The fourth-order valence-electron chi connectivity index (χ4n) is 3.30. The molecule has 1 aliphatic rings. The smallest absolute Gasteiger partial charge is 0.266 e. The van der Waals surface area contributed by atoms with E-state index in [1.807, 2.05) is 6.07 Å². The van der Waals surface area contributed by atoms with Crippen LogP contribution in [0, 0.1) is 25.2 Å². The van der Waals surface area contributed by atoms with Crippen molar-refractivity contribution in [2.24, 2.45) is 0 Å². The number of carbonyl (C=O) groups is 2. The van der Waals surface area contributed by atoms with Crippen LogP contribution in [0.2, 0.25) is 0 Å². The Kier molecular flexibility index (Phi) is 5.97. The van der Waals surface area contributed by atoms with Gasteiger partial charge in [0, 0.05) is 38.2 Å². The van der Waals surface area contributed by atoms with Crippen LogP contribution in [0.3, 0.4) is 0 Å². The second-order valence-electron chi connectivity index (χ2n) is 6.52. The molecular formula is C18H24N4O3. The second kappa shape index (κ2) is 7.97. The zero-order chi connectivity index (χ0) is 18.6. The molecule has 2 N–H and O–H groups in total. The van der Waals surface area contributed by atoms with E-state index >= 15 is 0 Å². The SMILES string of the molecule is CC(=O)N1CCC(NC(=O)CCc2c(C)[nH]c(=O)c(C#N)c2C)CC1. The summed E-state index contributed by atoms with van der Waals surface area (Å²) in [7, 11) is 0. The van der Waals surface area contributed by atoms with Crippen molar-refractivity contribution in [3.05, 3.63) is 32.7 Å². The second-order valence-corrected chi connectivity index (χ2v) is 6.52. The Morgan fingerprint density at radius 3 is 2.52 bits per heavy atom. The molecule has 1 saturated heterocycles. The average molecular weight is 344 g/mol. The first kappa shape index (κ1) is 18.7. The van der Waals surface area contributed by atoms with Gasteiger partial charge in [0.25, 0.3) is 5.56 Å². The van der Waals surface area contributed by atoms with Crippen molar-refractivity contribution in [3.8, 4) is 6.07 Å². The fourth-order valence-corrected chi connectivity index (χ4v) is 3.30. The highest BCUT2D eigenvalue weighted by Crippen LogP contribution is 2.15. The number of likely N-dealkylation sites (tertiary alicyclic amines) is 1. The molecule has 1 aromatic heterocycles. The first-order valence-electron chi connectivity index (χ1n) is 8.50. The first-order chi connectivity index (χ1) is 11.8. The number of aromatic nitrogens is 1. The predicted octanol–water partition coefficient (Wildman–Crippen LogP) is 0.923. The summed E-state index contributed by atoms with van der Waals surface area (Å²) in [5.41, 5.74) is 1.91. The number of hydrogen-bond donors (Lipinski definition) is 2. The lowest BCUT2D eigenvalue weighted by Crippen LogP contribution is -2.46. The Morgan fingerprint density at radius 2 is 1.96 bits per heavy atom. The van der Waals surface area contributed by atoms with E-state index in [2.05, 4.69) is 10.3 Å². The molecule has 0 aliphatic carbocycles. The number of nitrogens with one attached hydrogen (secondary N) is 2. The standard InChI is InChI=1S/C18H24N4O3/c1-11-15(12(2)20-18(25)16(11)10-19)4-5-17(24)21-14-6-8-22(9-7-14)13(3)23/h14H,4-9H2,1-3H3,(H,20,25)(H,21,24). The Labute approximate surface area is 147 Å². The molecule has 25 heavy (non-hydrogen) atoms. The van der Waals surface area contributed by atoms with E-state index in [-0.39, 0.29) is 29.0 Å². The van der Waals surface area contributed by atoms with Crippen molar-refractivity contribution in [1.29, 1.82) is 5.26 Å². The van der Waals surface area contributed by atoms with Gasteiger partial charge in [-0.2, -0.15) is 5.26 Å². The molecule has 0 radical (unpaired) electrons. The summed E-state index contributed by atoms with van der Waals surface area (Å²) >= 11 is 0. The highest BCUT2D eigenvalue weighted by atomic mass is 16.2. The van der Waals surface area contributed by atoms with Gasteiger partial charge < -0.3 is 15.2 Å². The van der Waals surface area contributed by atoms with Crippen LogP contribution in [0.25, 0.3) is 0 Å². The largest absolute Gasteiger partial charge is 0.353 e. The maximum Gasteiger partial charge on any atom is 0.266 e. The number of rotatable bonds is 4. The third kappa shape index (κ3) is 4.47. The zero-order valence-corrected chi connectivity index (χ0v) is 14.9. The van der Waals surface area contributed by atoms with Crippen LogP contribution in [0.15, 0.2) is 4.79 Å². The fraction of sp³-hybridized carbons (Fsp3) is 0.556. The molecule has 0 atom stereocenters. The summed E-state index contributed by atoms with van der Waals surface area (Å²) < 4.78 is 0. The summed E-state index contributed by atoms with van der Waals surface area (Å²) in [6, 6.07) is 2.01. The van der Waals surface area contributed by atoms with E-state index in [4.69, 9.17) is 5.26 Å². The van der Waals surface area contributed by atoms with Crippen LogP contribution in [0.5, 0.6) is 0 Å². The third-order valence-corrected chi connectivity index (χ3v) is 4.83. The maximum atomic E-state index is 12.2. The molecule has 1 fully saturated rings. The van der Waals surface area contributed by atoms with E-state index in [1.54, 1.807) is 25.7 Å². The van der Waals surface area contributed by atoms with Gasteiger partial charge in [0.2, 0.25) is 11.8 Å². The number of H-pyrrole nitrogens is 1. The number of nitriles is 1. The lowest BCUT2D eigenvalue weighted by molar-refractivity contribution is -0.130. The highest BCUT2D eigenvalue weighted by molar-refractivity contribution is 5.77. The van der Waals surface area contributed by atoms with Gasteiger partial charge in [-0.15, -0.1) is 0 Å². The number of piperidine rings is 1. The normalized spacial score (nSPS) is 14.9. The lowest BCUT2D eigenvalue weighted by atomic mass is 9.98. The van der Waals surface area contributed by atoms with Crippen molar-refractivity contribution in [3.63, 3.8) is 0 Å². The van der Waals surface area contributed by atoms with Crippen molar-refractivity contribution in [2.45, 2.75) is 52.5 Å². The molecule has 7 heteroatoms. The number of pyridine rings is 1. The number of carbonyl (C=O) groups excluding carboxylic acids is 2. The van der Waals surface area contributed by atoms with Gasteiger partial charge in [-0.05, 0) is 44.2 Å². The summed E-state index contributed by atoms with van der Waals surface area (Å²) in [5.74, 6) is 0.0203. The molecule has 2 amide bonds.